The van der Waals surface area contributed by atoms with Gasteiger partial charge in [-0.15, -0.1) is 0 Å². The molecule has 0 bridgehead atoms. The van der Waals surface area contributed by atoms with E-state index in [1.807, 2.05) is 6.07 Å². The number of hydrogen-bond donors (Lipinski definition) is 0. The molecule has 1 aliphatic heterocycles. The Kier molecular flexibility index (Phi) is 6.21. The number of rotatable bonds is 5. The molecule has 2 aromatic carbocycles. The highest BCUT2D eigenvalue weighted by Crippen LogP contribution is 2.28. The standard InChI is InChI=1S/C20H22BrFN2O3S/c1-23(2)28(26,27)19-13-15(8-9-18(19)21)20(25)24-10-4-7-17(24)12-14-5-3-6-16(22)11-14/h3,5-6,8-9,11,13,17H,4,7,10,12H2,1-2H3. The smallest absolute Gasteiger partial charge is 0.254 e. The van der Waals surface area contributed by atoms with Crippen LogP contribution in [0.15, 0.2) is 51.8 Å². The third kappa shape index (κ3) is 4.29. The average Bonchev–Trinajstić information content (AvgIpc) is 3.09. The number of amides is 1. The predicted octanol–water partition coefficient (Wildman–Crippen LogP) is 3.69. The zero-order chi connectivity index (χ0) is 20.5. The van der Waals surface area contributed by atoms with Crippen molar-refractivity contribution in [3.05, 3.63) is 63.9 Å². The molecule has 1 aliphatic rings. The molecular formula is C20H22BrFN2O3S. The van der Waals surface area contributed by atoms with Gasteiger partial charge in [0.2, 0.25) is 10.0 Å². The summed E-state index contributed by atoms with van der Waals surface area (Å²) < 4.78 is 40.0. The first kappa shape index (κ1) is 21.0. The van der Waals surface area contributed by atoms with Gasteiger partial charge in [-0.25, -0.2) is 17.1 Å². The maximum absolute atomic E-state index is 13.5. The SMILES string of the molecule is CN(C)S(=O)(=O)c1cc(C(=O)N2CCCC2Cc2cccc(F)c2)ccc1Br. The van der Waals surface area contributed by atoms with Crippen molar-refractivity contribution in [1.29, 1.82) is 0 Å². The van der Waals surface area contributed by atoms with Crippen LogP contribution in [-0.4, -0.2) is 50.2 Å². The molecule has 5 nitrogen and oxygen atoms in total. The lowest BCUT2D eigenvalue weighted by Crippen LogP contribution is -2.37. The minimum absolute atomic E-state index is 0.0353. The van der Waals surface area contributed by atoms with Crippen LogP contribution in [0.25, 0.3) is 0 Å². The van der Waals surface area contributed by atoms with Gasteiger partial charge in [-0.2, -0.15) is 0 Å². The summed E-state index contributed by atoms with van der Waals surface area (Å²) in [5.41, 5.74) is 1.17. The van der Waals surface area contributed by atoms with Gasteiger partial charge < -0.3 is 4.90 Å². The number of likely N-dealkylation sites (tertiary alicyclic amines) is 1. The molecule has 0 spiro atoms. The summed E-state index contributed by atoms with van der Waals surface area (Å²) in [6.07, 6.45) is 2.27. The topological polar surface area (TPSA) is 57.7 Å². The second kappa shape index (κ2) is 8.31. The van der Waals surface area contributed by atoms with Crippen molar-refractivity contribution in [2.75, 3.05) is 20.6 Å². The van der Waals surface area contributed by atoms with E-state index in [-0.39, 0.29) is 22.7 Å². The van der Waals surface area contributed by atoms with E-state index in [9.17, 15) is 17.6 Å². The van der Waals surface area contributed by atoms with Crippen molar-refractivity contribution in [3.8, 4) is 0 Å². The Morgan fingerprint density at radius 2 is 2.00 bits per heavy atom. The van der Waals surface area contributed by atoms with Crippen LogP contribution in [0.3, 0.4) is 0 Å². The fourth-order valence-corrected chi connectivity index (χ4v) is 5.29. The molecule has 3 rings (SSSR count). The van der Waals surface area contributed by atoms with Crippen molar-refractivity contribution in [2.24, 2.45) is 0 Å². The van der Waals surface area contributed by atoms with Crippen LogP contribution in [-0.2, 0) is 16.4 Å². The number of hydrogen-bond acceptors (Lipinski definition) is 3. The Hall–Kier alpha value is -1.77. The second-order valence-electron chi connectivity index (χ2n) is 7.06. The Morgan fingerprint density at radius 3 is 2.68 bits per heavy atom. The molecule has 1 saturated heterocycles. The van der Waals surface area contributed by atoms with Gasteiger partial charge in [-0.3, -0.25) is 4.79 Å². The summed E-state index contributed by atoms with van der Waals surface area (Å²) in [4.78, 5) is 14.9. The molecule has 0 radical (unpaired) electrons. The second-order valence-corrected chi connectivity index (χ2v) is 10.0. The van der Waals surface area contributed by atoms with Crippen molar-refractivity contribution in [1.82, 2.24) is 9.21 Å². The maximum atomic E-state index is 13.5. The lowest BCUT2D eigenvalue weighted by Gasteiger charge is -2.25. The summed E-state index contributed by atoms with van der Waals surface area (Å²) in [5, 5.41) is 0. The number of carbonyl (C=O) groups excluding carboxylic acids is 1. The van der Waals surface area contributed by atoms with E-state index in [0.29, 0.717) is 23.0 Å². The van der Waals surface area contributed by atoms with Gasteiger partial charge in [0.15, 0.2) is 0 Å². The van der Waals surface area contributed by atoms with Gasteiger partial charge >= 0.3 is 0 Å². The van der Waals surface area contributed by atoms with Crippen LogP contribution in [0.5, 0.6) is 0 Å². The van der Waals surface area contributed by atoms with Gasteiger partial charge in [0, 0.05) is 36.7 Å². The minimum atomic E-state index is -3.68. The molecule has 0 aromatic heterocycles. The number of sulfonamides is 1. The van der Waals surface area contributed by atoms with Crippen molar-refractivity contribution >= 4 is 31.9 Å². The van der Waals surface area contributed by atoms with Gasteiger partial charge in [0.25, 0.3) is 5.91 Å². The number of nitrogens with zero attached hydrogens (tertiary/aromatic N) is 2. The van der Waals surface area contributed by atoms with Crippen LogP contribution in [0, 0.1) is 5.82 Å². The zero-order valence-electron chi connectivity index (χ0n) is 15.7. The Labute approximate surface area is 173 Å². The van der Waals surface area contributed by atoms with Crippen molar-refractivity contribution in [3.63, 3.8) is 0 Å². The van der Waals surface area contributed by atoms with Crippen LogP contribution >= 0.6 is 15.9 Å². The Bertz CT molecular complexity index is 995. The van der Waals surface area contributed by atoms with E-state index in [0.717, 1.165) is 22.7 Å². The third-order valence-corrected chi connectivity index (χ3v) is 7.74. The summed E-state index contributed by atoms with van der Waals surface area (Å²) in [5.74, 6) is -0.499. The molecule has 28 heavy (non-hydrogen) atoms. The maximum Gasteiger partial charge on any atom is 0.254 e. The average molecular weight is 469 g/mol. The summed E-state index contributed by atoms with van der Waals surface area (Å²) in [6.45, 7) is 0.602. The van der Waals surface area contributed by atoms with E-state index in [1.54, 1.807) is 23.1 Å². The molecule has 2 aromatic rings. The quantitative estimate of drug-likeness (QED) is 0.672. The fraction of sp³-hybridized carbons (Fsp3) is 0.350. The van der Waals surface area contributed by atoms with Crippen molar-refractivity contribution < 1.29 is 17.6 Å². The summed E-state index contributed by atoms with van der Waals surface area (Å²) >= 11 is 3.26. The van der Waals surface area contributed by atoms with E-state index in [4.69, 9.17) is 0 Å². The molecule has 1 amide bonds. The zero-order valence-corrected chi connectivity index (χ0v) is 18.1. The van der Waals surface area contributed by atoms with Crippen LogP contribution in [0.1, 0.15) is 28.8 Å². The molecule has 8 heteroatoms. The molecule has 150 valence electrons. The van der Waals surface area contributed by atoms with Gasteiger partial charge in [0.1, 0.15) is 5.82 Å². The Morgan fingerprint density at radius 1 is 1.25 bits per heavy atom. The fourth-order valence-electron chi connectivity index (χ4n) is 3.45. The van der Waals surface area contributed by atoms with E-state index in [2.05, 4.69) is 15.9 Å². The molecule has 1 fully saturated rings. The highest BCUT2D eigenvalue weighted by atomic mass is 79.9. The Balaban J connectivity index is 1.87. The molecule has 1 unspecified atom stereocenters. The van der Waals surface area contributed by atoms with Crippen molar-refractivity contribution in [2.45, 2.75) is 30.2 Å². The lowest BCUT2D eigenvalue weighted by molar-refractivity contribution is 0.0736. The molecule has 1 atom stereocenters. The first-order valence-electron chi connectivity index (χ1n) is 8.97. The van der Waals surface area contributed by atoms with E-state index >= 15 is 0 Å². The monoisotopic (exact) mass is 468 g/mol. The predicted molar refractivity (Wildman–Crippen MR) is 109 cm³/mol. The normalized spacial score (nSPS) is 17.3. The molecule has 0 N–H and O–H groups in total. The van der Waals surface area contributed by atoms with E-state index in [1.165, 1.54) is 32.3 Å². The minimum Gasteiger partial charge on any atom is -0.335 e. The van der Waals surface area contributed by atoms with Gasteiger partial charge in [-0.05, 0) is 71.1 Å². The first-order chi connectivity index (χ1) is 13.2. The highest BCUT2D eigenvalue weighted by molar-refractivity contribution is 9.10. The number of carbonyl (C=O) groups is 1. The third-order valence-electron chi connectivity index (χ3n) is 4.94. The molecule has 0 aliphatic carbocycles. The summed E-state index contributed by atoms with van der Waals surface area (Å²) in [7, 11) is -0.780. The number of halogens is 2. The largest absolute Gasteiger partial charge is 0.335 e. The van der Waals surface area contributed by atoms with E-state index < -0.39 is 10.0 Å². The number of benzene rings is 2. The lowest BCUT2D eigenvalue weighted by atomic mass is 10.0. The first-order valence-corrected chi connectivity index (χ1v) is 11.2. The van der Waals surface area contributed by atoms with Crippen LogP contribution in [0.2, 0.25) is 0 Å². The molecule has 0 saturated carbocycles. The van der Waals surface area contributed by atoms with Crippen LogP contribution in [0.4, 0.5) is 4.39 Å². The highest BCUT2D eigenvalue weighted by Gasteiger charge is 2.31. The van der Waals surface area contributed by atoms with Gasteiger partial charge in [0.05, 0.1) is 4.90 Å². The molecular weight excluding hydrogens is 447 g/mol. The summed E-state index contributed by atoms with van der Waals surface area (Å²) in [6, 6.07) is 11.0. The van der Waals surface area contributed by atoms with Gasteiger partial charge in [-0.1, -0.05) is 12.1 Å². The van der Waals surface area contributed by atoms with Crippen LogP contribution < -0.4 is 0 Å². The molecule has 1 heterocycles.